The number of carbonyl (C=O) groups excluding carboxylic acids is 1. The molecule has 6 nitrogen and oxygen atoms in total. The Hall–Kier alpha value is -2.63. The summed E-state index contributed by atoms with van der Waals surface area (Å²) in [5.74, 6) is -0.521. The van der Waals surface area contributed by atoms with E-state index >= 15 is 0 Å². The molecule has 24 heavy (non-hydrogen) atoms. The highest BCUT2D eigenvalue weighted by Crippen LogP contribution is 2.16. The Balaban J connectivity index is 2.02. The molecule has 0 saturated carbocycles. The number of rotatable bonds is 7. The molecule has 0 bridgehead atoms. The lowest BCUT2D eigenvalue weighted by Crippen LogP contribution is -2.43. The second-order valence-electron chi connectivity index (χ2n) is 5.85. The van der Waals surface area contributed by atoms with Crippen molar-refractivity contribution < 1.29 is 19.2 Å². The van der Waals surface area contributed by atoms with Gasteiger partial charge in [0.1, 0.15) is 11.8 Å². The van der Waals surface area contributed by atoms with E-state index in [1.165, 1.54) is 11.9 Å². The van der Waals surface area contributed by atoms with Gasteiger partial charge in [-0.15, -0.1) is 0 Å². The van der Waals surface area contributed by atoms with Crippen LogP contribution in [0.5, 0.6) is 0 Å². The van der Waals surface area contributed by atoms with Crippen molar-refractivity contribution in [2.75, 3.05) is 7.05 Å². The number of hydrogen-bond acceptors (Lipinski definition) is 4. The van der Waals surface area contributed by atoms with Crippen LogP contribution >= 0.6 is 0 Å². The van der Waals surface area contributed by atoms with E-state index in [1.54, 1.807) is 6.92 Å². The van der Waals surface area contributed by atoms with Gasteiger partial charge in [0.05, 0.1) is 5.69 Å². The summed E-state index contributed by atoms with van der Waals surface area (Å²) in [5.41, 5.74) is 2.56. The summed E-state index contributed by atoms with van der Waals surface area (Å²) >= 11 is 0. The average molecular weight is 330 g/mol. The zero-order valence-electron chi connectivity index (χ0n) is 14.2. The molecule has 1 amide bonds. The molecule has 1 N–H and O–H groups in total. The van der Waals surface area contributed by atoms with Crippen molar-refractivity contribution in [2.45, 2.75) is 39.2 Å². The van der Waals surface area contributed by atoms with Crippen LogP contribution in [0.25, 0.3) is 0 Å². The molecule has 1 aromatic heterocycles. The number of aliphatic carboxylic acids is 1. The number of aromatic nitrogens is 1. The van der Waals surface area contributed by atoms with Crippen molar-refractivity contribution in [1.82, 2.24) is 10.1 Å². The third-order valence-electron chi connectivity index (χ3n) is 4.19. The van der Waals surface area contributed by atoms with Crippen LogP contribution in [0.1, 0.15) is 29.0 Å². The minimum absolute atomic E-state index is 0.210. The molecule has 128 valence electrons. The quantitative estimate of drug-likeness (QED) is 0.842. The van der Waals surface area contributed by atoms with Crippen LogP contribution in [0.4, 0.5) is 0 Å². The Bertz CT molecular complexity index is 690. The summed E-state index contributed by atoms with van der Waals surface area (Å²) in [4.78, 5) is 25.3. The van der Waals surface area contributed by atoms with Crippen LogP contribution in [-0.2, 0) is 22.4 Å². The number of aryl methyl sites for hydroxylation is 2. The zero-order valence-corrected chi connectivity index (χ0v) is 14.2. The molecule has 0 aliphatic heterocycles. The SMILES string of the molecule is Cc1noc(C)c1CCC(=O)N(C)C(Cc1ccccc1)C(=O)O. The molecule has 0 radical (unpaired) electrons. The monoisotopic (exact) mass is 330 g/mol. The third-order valence-corrected chi connectivity index (χ3v) is 4.19. The molecule has 0 saturated heterocycles. The molecule has 1 unspecified atom stereocenters. The fourth-order valence-corrected chi connectivity index (χ4v) is 2.67. The van der Waals surface area contributed by atoms with E-state index in [1.807, 2.05) is 37.3 Å². The Kier molecular flexibility index (Phi) is 5.73. The Labute approximate surface area is 141 Å². The van der Waals surface area contributed by atoms with E-state index in [0.717, 1.165) is 16.8 Å². The maximum Gasteiger partial charge on any atom is 0.326 e. The van der Waals surface area contributed by atoms with Crippen LogP contribution in [0.3, 0.4) is 0 Å². The van der Waals surface area contributed by atoms with Gasteiger partial charge >= 0.3 is 5.97 Å². The molecular weight excluding hydrogens is 308 g/mol. The van der Waals surface area contributed by atoms with Crippen LogP contribution in [-0.4, -0.2) is 40.1 Å². The largest absolute Gasteiger partial charge is 0.480 e. The van der Waals surface area contributed by atoms with Crippen LogP contribution in [0, 0.1) is 13.8 Å². The zero-order chi connectivity index (χ0) is 17.7. The summed E-state index contributed by atoms with van der Waals surface area (Å²) in [7, 11) is 1.54. The molecule has 2 aromatic rings. The normalized spacial score (nSPS) is 12.0. The highest BCUT2D eigenvalue weighted by molar-refractivity contribution is 5.83. The van der Waals surface area contributed by atoms with Gasteiger partial charge in [-0.2, -0.15) is 0 Å². The molecule has 1 atom stereocenters. The lowest BCUT2D eigenvalue weighted by atomic mass is 10.0. The minimum atomic E-state index is -1.01. The molecule has 6 heteroatoms. The number of hydrogen-bond donors (Lipinski definition) is 1. The first-order valence-corrected chi connectivity index (χ1v) is 7.84. The van der Waals surface area contributed by atoms with Crippen LogP contribution in [0.15, 0.2) is 34.9 Å². The second-order valence-corrected chi connectivity index (χ2v) is 5.85. The number of carbonyl (C=O) groups is 2. The van der Waals surface area contributed by atoms with Gasteiger partial charge in [-0.25, -0.2) is 4.79 Å². The minimum Gasteiger partial charge on any atom is -0.480 e. The fourth-order valence-electron chi connectivity index (χ4n) is 2.67. The predicted molar refractivity (Wildman–Crippen MR) is 88.6 cm³/mol. The van der Waals surface area contributed by atoms with Gasteiger partial charge in [-0.05, 0) is 25.8 Å². The highest BCUT2D eigenvalue weighted by Gasteiger charge is 2.27. The number of benzene rings is 1. The highest BCUT2D eigenvalue weighted by atomic mass is 16.5. The smallest absolute Gasteiger partial charge is 0.326 e. The van der Waals surface area contributed by atoms with E-state index in [0.29, 0.717) is 12.2 Å². The lowest BCUT2D eigenvalue weighted by molar-refractivity contribution is -0.149. The van der Waals surface area contributed by atoms with Gasteiger partial charge < -0.3 is 14.5 Å². The van der Waals surface area contributed by atoms with E-state index in [9.17, 15) is 14.7 Å². The Morgan fingerprint density at radius 2 is 1.92 bits per heavy atom. The molecule has 2 rings (SSSR count). The summed E-state index contributed by atoms with van der Waals surface area (Å²) in [6.07, 6.45) is 0.990. The second kappa shape index (κ2) is 7.77. The standard InChI is InChI=1S/C18H22N2O4/c1-12-15(13(2)24-19-12)9-10-17(21)20(3)16(18(22)23)11-14-7-5-4-6-8-14/h4-8,16H,9-11H2,1-3H3,(H,22,23). The van der Waals surface area contributed by atoms with E-state index in [2.05, 4.69) is 5.16 Å². The van der Waals surface area contributed by atoms with Gasteiger partial charge in [0.25, 0.3) is 0 Å². The van der Waals surface area contributed by atoms with Crippen molar-refractivity contribution in [3.8, 4) is 0 Å². The lowest BCUT2D eigenvalue weighted by Gasteiger charge is -2.25. The molecule has 0 aliphatic rings. The van der Waals surface area contributed by atoms with Crippen molar-refractivity contribution in [3.05, 3.63) is 52.9 Å². The molecular formula is C18H22N2O4. The predicted octanol–water partition coefficient (Wildman–Crippen LogP) is 2.38. The van der Waals surface area contributed by atoms with Crippen molar-refractivity contribution in [2.24, 2.45) is 0 Å². The van der Waals surface area contributed by atoms with Gasteiger partial charge in [0.15, 0.2) is 0 Å². The van der Waals surface area contributed by atoms with Gasteiger partial charge in [0.2, 0.25) is 5.91 Å². The summed E-state index contributed by atoms with van der Waals surface area (Å²) in [6, 6.07) is 8.42. The number of carboxylic acid groups (broad SMARTS) is 1. The Morgan fingerprint density at radius 3 is 2.46 bits per heavy atom. The van der Waals surface area contributed by atoms with Crippen molar-refractivity contribution in [3.63, 3.8) is 0 Å². The van der Waals surface area contributed by atoms with E-state index in [4.69, 9.17) is 4.52 Å². The van der Waals surface area contributed by atoms with Crippen molar-refractivity contribution in [1.29, 1.82) is 0 Å². The third kappa shape index (κ3) is 4.22. The van der Waals surface area contributed by atoms with Crippen LogP contribution < -0.4 is 0 Å². The maximum absolute atomic E-state index is 12.4. The first-order chi connectivity index (χ1) is 11.4. The fraction of sp³-hybridized carbons (Fsp3) is 0.389. The summed E-state index contributed by atoms with van der Waals surface area (Å²) in [6.45, 7) is 3.63. The average Bonchev–Trinajstić information content (AvgIpc) is 2.89. The first kappa shape index (κ1) is 17.7. The molecule has 1 aromatic carbocycles. The first-order valence-electron chi connectivity index (χ1n) is 7.84. The maximum atomic E-state index is 12.4. The Morgan fingerprint density at radius 1 is 1.25 bits per heavy atom. The van der Waals surface area contributed by atoms with E-state index in [-0.39, 0.29) is 18.7 Å². The van der Waals surface area contributed by atoms with E-state index < -0.39 is 12.0 Å². The number of amides is 1. The summed E-state index contributed by atoms with van der Waals surface area (Å²) in [5, 5.41) is 13.3. The molecule has 0 aliphatic carbocycles. The van der Waals surface area contributed by atoms with Gasteiger partial charge in [-0.1, -0.05) is 35.5 Å². The number of nitrogens with zero attached hydrogens (tertiary/aromatic N) is 2. The summed E-state index contributed by atoms with van der Waals surface area (Å²) < 4.78 is 5.08. The van der Waals surface area contributed by atoms with Crippen molar-refractivity contribution >= 4 is 11.9 Å². The van der Waals surface area contributed by atoms with Gasteiger partial charge in [-0.3, -0.25) is 4.79 Å². The van der Waals surface area contributed by atoms with Crippen LogP contribution in [0.2, 0.25) is 0 Å². The number of likely N-dealkylation sites (N-methyl/N-ethyl adjacent to an activating group) is 1. The molecule has 0 fully saturated rings. The number of carboxylic acids is 1. The topological polar surface area (TPSA) is 83.6 Å². The molecule has 1 heterocycles. The molecule has 0 spiro atoms. The van der Waals surface area contributed by atoms with Gasteiger partial charge in [0, 0.05) is 25.5 Å².